The lowest BCUT2D eigenvalue weighted by molar-refractivity contribution is 0.315. The average molecular weight is 237 g/mol. The number of hydrogen-bond donors (Lipinski definition) is 0. The van der Waals surface area contributed by atoms with E-state index >= 15 is 0 Å². The summed E-state index contributed by atoms with van der Waals surface area (Å²) in [6.45, 7) is 0. The van der Waals surface area contributed by atoms with Gasteiger partial charge in [0.2, 0.25) is 5.71 Å². The Bertz CT molecular complexity index is 775. The zero-order valence-corrected chi connectivity index (χ0v) is 9.20. The second-order valence-electron chi connectivity index (χ2n) is 3.94. The lowest BCUT2D eigenvalue weighted by Crippen LogP contribution is -1.83. The Hall–Kier alpha value is -2.69. The van der Waals surface area contributed by atoms with Crippen LogP contribution in [0.15, 0.2) is 51.8 Å². The van der Waals surface area contributed by atoms with Crippen molar-refractivity contribution >= 4 is 22.1 Å². The molecule has 0 aliphatic heterocycles. The molecule has 0 fully saturated rings. The van der Waals surface area contributed by atoms with Gasteiger partial charge >= 0.3 is 0 Å². The molecule has 0 unspecified atom stereocenters. The molecule has 0 radical (unpaired) electrons. The number of furan rings is 1. The number of fused-ring (bicyclic) bond motifs is 2. The van der Waals surface area contributed by atoms with Crippen molar-refractivity contribution in [2.24, 2.45) is 0 Å². The summed E-state index contributed by atoms with van der Waals surface area (Å²) in [6.07, 6.45) is 3.34. The first-order chi connectivity index (χ1) is 8.93. The number of pyridine rings is 1. The Labute approximate surface area is 101 Å². The van der Waals surface area contributed by atoms with Crippen molar-refractivity contribution in [1.82, 2.24) is 15.3 Å². The molecular formula is C13H7N3O2. The summed E-state index contributed by atoms with van der Waals surface area (Å²) < 4.78 is 10.1. The number of nitrogens with zero attached hydrogens (tertiary/aromatic N) is 3. The van der Waals surface area contributed by atoms with Gasteiger partial charge in [0.1, 0.15) is 11.0 Å². The van der Waals surface area contributed by atoms with Gasteiger partial charge in [0, 0.05) is 17.1 Å². The Morgan fingerprint density at radius 1 is 0.944 bits per heavy atom. The van der Waals surface area contributed by atoms with E-state index < -0.39 is 0 Å². The van der Waals surface area contributed by atoms with E-state index in [0.29, 0.717) is 5.71 Å². The van der Waals surface area contributed by atoms with Crippen LogP contribution in [0.5, 0.6) is 0 Å². The number of rotatable bonds is 1. The first-order valence-corrected chi connectivity index (χ1v) is 5.47. The second-order valence-corrected chi connectivity index (χ2v) is 3.94. The molecular weight excluding hydrogens is 230 g/mol. The van der Waals surface area contributed by atoms with Gasteiger partial charge in [-0.2, -0.15) is 0 Å². The summed E-state index contributed by atoms with van der Waals surface area (Å²) in [6, 6.07) is 9.59. The molecule has 3 aromatic heterocycles. The maximum Gasteiger partial charge on any atom is 0.226 e. The molecule has 5 nitrogen and oxygen atoms in total. The van der Waals surface area contributed by atoms with Crippen molar-refractivity contribution in [2.45, 2.75) is 0 Å². The summed E-state index contributed by atoms with van der Waals surface area (Å²) in [5, 5.41) is 8.75. The monoisotopic (exact) mass is 237 g/mol. The molecule has 0 spiro atoms. The van der Waals surface area contributed by atoms with Crippen molar-refractivity contribution in [2.75, 3.05) is 0 Å². The molecule has 0 aliphatic carbocycles. The Morgan fingerprint density at radius 2 is 1.94 bits per heavy atom. The van der Waals surface area contributed by atoms with Gasteiger partial charge in [-0.3, -0.25) is 0 Å². The van der Waals surface area contributed by atoms with Crippen LogP contribution < -0.4 is 0 Å². The van der Waals surface area contributed by atoms with Gasteiger partial charge in [-0.25, -0.2) is 9.61 Å². The number of aromatic nitrogens is 3. The molecule has 0 N–H and O–H groups in total. The third-order valence-electron chi connectivity index (χ3n) is 2.94. The van der Waals surface area contributed by atoms with E-state index in [1.54, 1.807) is 12.5 Å². The van der Waals surface area contributed by atoms with Gasteiger partial charge in [0.25, 0.3) is 0 Å². The molecule has 0 amide bonds. The van der Waals surface area contributed by atoms with Gasteiger partial charge in [-0.05, 0) is 34.1 Å². The molecule has 0 saturated carbocycles. The highest BCUT2D eigenvalue weighted by Gasteiger charge is 2.12. The van der Waals surface area contributed by atoms with E-state index in [4.69, 9.17) is 9.05 Å². The first-order valence-electron chi connectivity index (χ1n) is 5.47. The SMILES string of the molecule is c1cc(-c2ccnc3occc23)c2nonc2c1. The molecule has 4 rings (SSSR count). The fraction of sp³-hybridized carbons (Fsp3) is 0. The van der Waals surface area contributed by atoms with Crippen molar-refractivity contribution in [3.8, 4) is 11.1 Å². The van der Waals surface area contributed by atoms with Crippen molar-refractivity contribution < 1.29 is 9.05 Å². The largest absolute Gasteiger partial charge is 0.446 e. The third-order valence-corrected chi connectivity index (χ3v) is 2.94. The third kappa shape index (κ3) is 1.18. The summed E-state index contributed by atoms with van der Waals surface area (Å²) in [7, 11) is 0. The Balaban J connectivity index is 2.13. The highest BCUT2D eigenvalue weighted by atomic mass is 16.6. The van der Waals surface area contributed by atoms with E-state index in [2.05, 4.69) is 15.3 Å². The average Bonchev–Trinajstić information content (AvgIpc) is 3.06. The van der Waals surface area contributed by atoms with Gasteiger partial charge in [0.05, 0.1) is 6.26 Å². The zero-order chi connectivity index (χ0) is 11.9. The van der Waals surface area contributed by atoms with Gasteiger partial charge < -0.3 is 4.42 Å². The van der Waals surface area contributed by atoms with Crippen LogP contribution in [0.4, 0.5) is 0 Å². The van der Waals surface area contributed by atoms with E-state index in [-0.39, 0.29) is 0 Å². The van der Waals surface area contributed by atoms with Crippen LogP contribution >= 0.6 is 0 Å². The van der Waals surface area contributed by atoms with Crippen LogP contribution in [0.1, 0.15) is 0 Å². The second kappa shape index (κ2) is 3.40. The summed E-state index contributed by atoms with van der Waals surface area (Å²) in [5.41, 5.74) is 4.06. The van der Waals surface area contributed by atoms with E-state index in [0.717, 1.165) is 27.5 Å². The molecule has 1 aromatic carbocycles. The van der Waals surface area contributed by atoms with Crippen LogP contribution in [-0.4, -0.2) is 15.3 Å². The lowest BCUT2D eigenvalue weighted by Gasteiger charge is -2.02. The topological polar surface area (TPSA) is 65.0 Å². The Morgan fingerprint density at radius 3 is 2.94 bits per heavy atom. The van der Waals surface area contributed by atoms with Crippen LogP contribution in [0.3, 0.4) is 0 Å². The van der Waals surface area contributed by atoms with E-state index in [1.807, 2.05) is 30.3 Å². The molecule has 0 atom stereocenters. The number of hydrogen-bond acceptors (Lipinski definition) is 5. The van der Waals surface area contributed by atoms with E-state index in [1.165, 1.54) is 0 Å². The summed E-state index contributed by atoms with van der Waals surface area (Å²) >= 11 is 0. The number of benzene rings is 1. The minimum Gasteiger partial charge on any atom is -0.446 e. The minimum atomic E-state index is 0.612. The smallest absolute Gasteiger partial charge is 0.226 e. The van der Waals surface area contributed by atoms with Crippen molar-refractivity contribution in [3.63, 3.8) is 0 Å². The molecule has 0 aliphatic rings. The fourth-order valence-corrected chi connectivity index (χ4v) is 2.13. The van der Waals surface area contributed by atoms with Gasteiger partial charge in [0.15, 0.2) is 0 Å². The highest BCUT2D eigenvalue weighted by Crippen LogP contribution is 2.31. The van der Waals surface area contributed by atoms with Crippen LogP contribution in [0.2, 0.25) is 0 Å². The fourth-order valence-electron chi connectivity index (χ4n) is 2.13. The first kappa shape index (κ1) is 9.35. The quantitative estimate of drug-likeness (QED) is 0.509. The maximum absolute atomic E-state index is 5.30. The summed E-state index contributed by atoms with van der Waals surface area (Å²) in [5.74, 6) is 0. The van der Waals surface area contributed by atoms with Crippen molar-refractivity contribution in [3.05, 3.63) is 42.8 Å². The summed E-state index contributed by atoms with van der Waals surface area (Å²) in [4.78, 5) is 4.17. The molecule has 18 heavy (non-hydrogen) atoms. The molecule has 0 saturated heterocycles. The molecule has 3 heterocycles. The molecule has 4 aromatic rings. The standard InChI is InChI=1S/C13H7N3O2/c1-2-9(12-11(3-1)15-18-16-12)8-4-6-14-13-10(8)5-7-17-13/h1-7H. The van der Waals surface area contributed by atoms with E-state index in [9.17, 15) is 0 Å². The predicted molar refractivity (Wildman–Crippen MR) is 64.8 cm³/mol. The normalized spacial score (nSPS) is 11.3. The molecule has 5 heteroatoms. The van der Waals surface area contributed by atoms with Crippen LogP contribution in [-0.2, 0) is 0 Å². The Kier molecular flexibility index (Phi) is 1.77. The minimum absolute atomic E-state index is 0.612. The lowest BCUT2D eigenvalue weighted by atomic mass is 10.0. The van der Waals surface area contributed by atoms with Gasteiger partial charge in [-0.15, -0.1) is 0 Å². The molecule has 86 valence electrons. The van der Waals surface area contributed by atoms with Crippen LogP contribution in [0.25, 0.3) is 33.3 Å². The predicted octanol–water partition coefficient (Wildman–Crippen LogP) is 3.03. The maximum atomic E-state index is 5.30. The zero-order valence-electron chi connectivity index (χ0n) is 9.20. The van der Waals surface area contributed by atoms with Crippen molar-refractivity contribution in [1.29, 1.82) is 0 Å². The molecule has 0 bridgehead atoms. The van der Waals surface area contributed by atoms with Crippen LogP contribution in [0, 0.1) is 0 Å². The van der Waals surface area contributed by atoms with Gasteiger partial charge in [-0.1, -0.05) is 12.1 Å². The highest BCUT2D eigenvalue weighted by molar-refractivity contribution is 6.00.